The van der Waals surface area contributed by atoms with Gasteiger partial charge >= 0.3 is 147 Å². The van der Waals surface area contributed by atoms with Gasteiger partial charge in [0.15, 0.2) is 0 Å². The van der Waals surface area contributed by atoms with Crippen LogP contribution in [0.1, 0.15) is 8.56 Å². The van der Waals surface area contributed by atoms with Crippen LogP contribution in [0.15, 0.2) is 0 Å². The Morgan fingerprint density at radius 2 is 0.667 bits per heavy atom. The van der Waals surface area contributed by atoms with Crippen molar-refractivity contribution >= 4 is 87.8 Å². The molecule has 0 aromatic carbocycles. The fourth-order valence-corrected chi connectivity index (χ4v) is 0. The van der Waals surface area contributed by atoms with Crippen molar-refractivity contribution in [2.24, 2.45) is 0 Å². The third-order valence-electron chi connectivity index (χ3n) is 0. The Labute approximate surface area is 198 Å². The van der Waals surface area contributed by atoms with E-state index in [4.69, 9.17) is 30.0 Å². The van der Waals surface area contributed by atoms with Crippen LogP contribution in [-0.2, 0) is 0 Å². The van der Waals surface area contributed by atoms with Crippen LogP contribution in [0, 0.1) is 0 Å². The van der Waals surface area contributed by atoms with Gasteiger partial charge in [0.05, 0.1) is 0 Å². The van der Waals surface area contributed by atoms with E-state index >= 15 is 0 Å². The van der Waals surface area contributed by atoms with Gasteiger partial charge in [-0.3, -0.25) is 0 Å². The van der Waals surface area contributed by atoms with Crippen molar-refractivity contribution in [2.45, 2.75) is 0 Å². The second-order valence-corrected chi connectivity index (χ2v) is 0.565. The van der Waals surface area contributed by atoms with Crippen molar-refractivity contribution in [1.29, 1.82) is 0 Å². The van der Waals surface area contributed by atoms with Gasteiger partial charge in [-0.2, -0.15) is 0 Å². The fraction of sp³-hybridized carbons (Fsp3) is 0. The van der Waals surface area contributed by atoms with Gasteiger partial charge in [0.2, 0.25) is 0 Å². The van der Waals surface area contributed by atoms with Gasteiger partial charge in [0, 0.05) is 0 Å². The second-order valence-electron chi connectivity index (χ2n) is 0.565. The monoisotopic (exact) mass is 310 g/mol. The molecule has 0 unspecified atom stereocenters. The molecule has 0 aliphatic rings. The minimum Gasteiger partial charge on any atom is -1.00 e. The Morgan fingerprint density at radius 3 is 0.667 bits per heavy atom. The maximum absolute atomic E-state index is 8.56. The van der Waals surface area contributed by atoms with Crippen LogP contribution >= 0.6 is 0 Å². The second kappa shape index (κ2) is 53.9. The van der Waals surface area contributed by atoms with E-state index in [-0.39, 0.29) is 160 Å². The average Bonchev–Trinajstić information content (AvgIpc) is 1.25. The Balaban J connectivity index is -0.00000000163. The Morgan fingerprint density at radius 1 is 0.667 bits per heavy atom. The molecule has 0 spiro atoms. The van der Waals surface area contributed by atoms with Gasteiger partial charge < -0.3 is 45.4 Å². The van der Waals surface area contributed by atoms with Crippen LogP contribution in [0.3, 0.4) is 0 Å². The maximum atomic E-state index is 8.56. The molecule has 0 aliphatic heterocycles. The number of hydrogen-bond acceptors (Lipinski definition) is 2. The molecule has 15 heavy (non-hydrogen) atoms. The van der Waals surface area contributed by atoms with Crippen molar-refractivity contribution < 1.29 is 114 Å². The van der Waals surface area contributed by atoms with E-state index in [0.717, 1.165) is 0 Å². The molecule has 10 N–H and O–H groups in total. The molecule has 84 valence electrons. The maximum Gasteiger partial charge on any atom is 2.00 e. The molecular weight excluding hydrogens is 294 g/mol. The summed E-state index contributed by atoms with van der Waals surface area (Å²) in [7, 11) is 0. The SMILES string of the molecule is O.O.O.O=C(O)O.O=C(O)O.[Ca+2].[Ca+2].[H-].[H-].[H-].[H-].[H-].[H-].[Na+].[Na+]. The first-order valence-corrected chi connectivity index (χ1v) is 1.30. The molecule has 0 bridgehead atoms. The Bertz CT molecular complexity index is 100. The van der Waals surface area contributed by atoms with Crippen molar-refractivity contribution in [3.05, 3.63) is 0 Å². The largest absolute Gasteiger partial charge is 2.00 e. The Hall–Kier alpha value is 2.94. The van der Waals surface area contributed by atoms with Crippen molar-refractivity contribution in [2.75, 3.05) is 0 Å². The summed E-state index contributed by atoms with van der Waals surface area (Å²) in [5, 5.41) is 27.9. The van der Waals surface area contributed by atoms with E-state index in [1.54, 1.807) is 0 Å². The van der Waals surface area contributed by atoms with Crippen molar-refractivity contribution in [3.63, 3.8) is 0 Å². The van der Waals surface area contributed by atoms with E-state index in [2.05, 4.69) is 0 Å². The summed E-state index contributed by atoms with van der Waals surface area (Å²) >= 11 is 0. The van der Waals surface area contributed by atoms with E-state index in [1.165, 1.54) is 0 Å². The molecule has 0 aromatic heterocycles. The summed E-state index contributed by atoms with van der Waals surface area (Å²) in [6, 6.07) is 0. The zero-order valence-corrected chi connectivity index (χ0v) is 16.9. The number of hydrogen-bond donors (Lipinski definition) is 4. The summed E-state index contributed by atoms with van der Waals surface area (Å²) in [5.41, 5.74) is 0. The first-order valence-electron chi connectivity index (χ1n) is 1.30. The summed E-state index contributed by atoms with van der Waals surface area (Å²) in [6.45, 7) is 0. The van der Waals surface area contributed by atoms with Crippen LogP contribution in [0.2, 0.25) is 0 Å². The van der Waals surface area contributed by atoms with Gasteiger partial charge in [-0.05, 0) is 0 Å². The molecule has 13 heteroatoms. The third kappa shape index (κ3) is 438. The minimum absolute atomic E-state index is 0. The van der Waals surface area contributed by atoms with Crippen molar-refractivity contribution in [1.82, 2.24) is 0 Å². The third-order valence-corrected chi connectivity index (χ3v) is 0. The molecule has 0 aliphatic carbocycles. The van der Waals surface area contributed by atoms with Gasteiger partial charge in [-0.1, -0.05) is 0 Å². The summed E-state index contributed by atoms with van der Waals surface area (Å²) in [4.78, 5) is 17.1. The van der Waals surface area contributed by atoms with Crippen LogP contribution < -0.4 is 59.1 Å². The summed E-state index contributed by atoms with van der Waals surface area (Å²) < 4.78 is 0. The molecular formula is C2H16Ca2Na2O9. The summed E-state index contributed by atoms with van der Waals surface area (Å²) in [6.07, 6.45) is -3.67. The zero-order chi connectivity index (χ0) is 7.15. The quantitative estimate of drug-likeness (QED) is 0.319. The summed E-state index contributed by atoms with van der Waals surface area (Å²) in [5.74, 6) is 0. The number of carbonyl (C=O) groups is 2. The van der Waals surface area contributed by atoms with E-state index < -0.39 is 12.3 Å². The van der Waals surface area contributed by atoms with Crippen LogP contribution in [0.4, 0.5) is 9.59 Å². The molecule has 0 radical (unpaired) electrons. The normalized spacial score (nSPS) is 3.20. The Kier molecular flexibility index (Phi) is 231. The predicted molar refractivity (Wildman–Crippen MR) is 50.3 cm³/mol. The van der Waals surface area contributed by atoms with Crippen LogP contribution in [0.5, 0.6) is 0 Å². The van der Waals surface area contributed by atoms with Gasteiger partial charge in [-0.15, -0.1) is 0 Å². The smallest absolute Gasteiger partial charge is 1.00 e. The standard InChI is InChI=1S/2CH2O3.2Ca.2Na.3H2O.6H/c2*2-1(3)4;;;;;;;;;;;;;/h2*(H2,2,3,4);;;;;3*1H2;;;;;;/q;;2*+2;2*+1;;;;6*-1. The number of carboxylic acid groups (broad SMARTS) is 4. The van der Waals surface area contributed by atoms with Gasteiger partial charge in [0.25, 0.3) is 0 Å². The molecule has 0 atom stereocenters. The molecule has 0 heterocycles. The predicted octanol–water partition coefficient (Wildman–Crippen LogP) is -8.11. The zero-order valence-electron chi connectivity index (χ0n) is 14.5. The fourth-order valence-electron chi connectivity index (χ4n) is 0. The molecule has 0 saturated heterocycles. The first kappa shape index (κ1) is 64.4. The molecule has 0 rings (SSSR count). The minimum atomic E-state index is -1.83. The number of rotatable bonds is 0. The first-order chi connectivity index (χ1) is 3.46. The van der Waals surface area contributed by atoms with E-state index in [1.807, 2.05) is 0 Å². The van der Waals surface area contributed by atoms with Gasteiger partial charge in [-0.25, -0.2) is 9.59 Å². The van der Waals surface area contributed by atoms with Crippen molar-refractivity contribution in [3.8, 4) is 0 Å². The molecule has 9 nitrogen and oxygen atoms in total. The van der Waals surface area contributed by atoms with Crippen LogP contribution in [0.25, 0.3) is 0 Å². The molecule has 0 amide bonds. The molecule has 0 fully saturated rings. The average molecular weight is 310 g/mol. The molecule has 0 aromatic rings. The van der Waals surface area contributed by atoms with E-state index in [0.29, 0.717) is 0 Å². The van der Waals surface area contributed by atoms with Gasteiger partial charge in [0.1, 0.15) is 0 Å². The topological polar surface area (TPSA) is 210 Å². The van der Waals surface area contributed by atoms with E-state index in [9.17, 15) is 0 Å². The van der Waals surface area contributed by atoms with Crippen LogP contribution in [-0.4, -0.2) is 125 Å². The molecule has 0 saturated carbocycles.